The predicted molar refractivity (Wildman–Crippen MR) is 98.8 cm³/mol. The number of unbranched alkanes of at least 4 members (excludes halogenated alkanes) is 2. The summed E-state index contributed by atoms with van der Waals surface area (Å²) in [5.41, 5.74) is 3.48. The van der Waals surface area contributed by atoms with Crippen LogP contribution in [0.15, 0.2) is 30.3 Å². The van der Waals surface area contributed by atoms with E-state index in [9.17, 15) is 9.59 Å². The highest BCUT2D eigenvalue weighted by atomic mass is 16.2. The molecule has 0 spiro atoms. The SMILES string of the molecule is CC(=O)NCCCCCC(=O)Nc1c(C)nn(-c2ccccc2)c1C. The molecule has 0 fully saturated rings. The number of hydrogen-bond acceptors (Lipinski definition) is 3. The maximum Gasteiger partial charge on any atom is 0.224 e. The Kier molecular flexibility index (Phi) is 6.74. The Balaban J connectivity index is 1.87. The molecule has 0 saturated carbocycles. The van der Waals surface area contributed by atoms with Crippen molar-refractivity contribution in [3.63, 3.8) is 0 Å². The number of rotatable bonds is 8. The van der Waals surface area contributed by atoms with E-state index in [-0.39, 0.29) is 11.8 Å². The Labute approximate surface area is 148 Å². The van der Waals surface area contributed by atoms with Gasteiger partial charge in [-0.1, -0.05) is 24.6 Å². The zero-order valence-corrected chi connectivity index (χ0v) is 15.1. The Hall–Kier alpha value is -2.63. The molecular formula is C19H26N4O2. The smallest absolute Gasteiger partial charge is 0.224 e. The summed E-state index contributed by atoms with van der Waals surface area (Å²) >= 11 is 0. The normalized spacial score (nSPS) is 10.5. The first-order chi connectivity index (χ1) is 12.0. The van der Waals surface area contributed by atoms with Crippen molar-refractivity contribution in [1.29, 1.82) is 0 Å². The molecule has 0 bridgehead atoms. The number of benzene rings is 1. The molecule has 0 aliphatic rings. The molecule has 6 nitrogen and oxygen atoms in total. The molecule has 0 saturated heterocycles. The number of hydrogen-bond donors (Lipinski definition) is 2. The van der Waals surface area contributed by atoms with Crippen LogP contribution in [0.1, 0.15) is 44.0 Å². The summed E-state index contributed by atoms with van der Waals surface area (Å²) in [6.45, 7) is 6.03. The van der Waals surface area contributed by atoms with Gasteiger partial charge in [-0.3, -0.25) is 9.59 Å². The van der Waals surface area contributed by atoms with E-state index in [4.69, 9.17) is 0 Å². The monoisotopic (exact) mass is 342 g/mol. The number of carbonyl (C=O) groups excluding carboxylic acids is 2. The fraction of sp³-hybridized carbons (Fsp3) is 0.421. The van der Waals surface area contributed by atoms with Gasteiger partial charge in [0.05, 0.1) is 22.8 Å². The molecule has 6 heteroatoms. The second-order valence-electron chi connectivity index (χ2n) is 6.13. The maximum atomic E-state index is 12.2. The molecule has 0 unspecified atom stereocenters. The van der Waals surface area contributed by atoms with Crippen LogP contribution in [-0.2, 0) is 9.59 Å². The van der Waals surface area contributed by atoms with Gasteiger partial charge in [0.25, 0.3) is 0 Å². The lowest BCUT2D eigenvalue weighted by Crippen LogP contribution is -2.20. The van der Waals surface area contributed by atoms with Gasteiger partial charge in [-0.15, -0.1) is 0 Å². The van der Waals surface area contributed by atoms with E-state index in [1.54, 1.807) is 0 Å². The predicted octanol–water partition coefficient (Wildman–Crippen LogP) is 3.12. The van der Waals surface area contributed by atoms with Crippen molar-refractivity contribution in [3.8, 4) is 5.69 Å². The van der Waals surface area contributed by atoms with Gasteiger partial charge in [-0.05, 0) is 38.8 Å². The van der Waals surface area contributed by atoms with Crippen LogP contribution in [-0.4, -0.2) is 28.1 Å². The molecule has 0 aliphatic carbocycles. The molecule has 1 aromatic heterocycles. The number of anilines is 1. The van der Waals surface area contributed by atoms with Crippen LogP contribution in [0.4, 0.5) is 5.69 Å². The number of aryl methyl sites for hydroxylation is 1. The second kappa shape index (κ2) is 9.01. The average molecular weight is 342 g/mol. The number of carbonyl (C=O) groups is 2. The molecule has 0 aliphatic heterocycles. The van der Waals surface area contributed by atoms with E-state index in [2.05, 4.69) is 15.7 Å². The number of nitrogens with one attached hydrogen (secondary N) is 2. The first-order valence-electron chi connectivity index (χ1n) is 8.65. The van der Waals surface area contributed by atoms with Crippen LogP contribution in [0.25, 0.3) is 5.69 Å². The van der Waals surface area contributed by atoms with Crippen molar-refractivity contribution < 1.29 is 9.59 Å². The minimum absolute atomic E-state index is 0.00154. The van der Waals surface area contributed by atoms with Crippen molar-refractivity contribution >= 4 is 17.5 Å². The van der Waals surface area contributed by atoms with E-state index < -0.39 is 0 Å². The van der Waals surface area contributed by atoms with Crippen LogP contribution in [0.5, 0.6) is 0 Å². The van der Waals surface area contributed by atoms with Crippen molar-refractivity contribution in [1.82, 2.24) is 15.1 Å². The van der Waals surface area contributed by atoms with Gasteiger partial charge in [-0.2, -0.15) is 5.10 Å². The molecule has 1 heterocycles. The van der Waals surface area contributed by atoms with Crippen LogP contribution in [0.2, 0.25) is 0 Å². The highest BCUT2D eigenvalue weighted by Gasteiger charge is 2.14. The Morgan fingerprint density at radius 1 is 1.08 bits per heavy atom. The summed E-state index contributed by atoms with van der Waals surface area (Å²) in [5.74, 6) is -0.0162. The second-order valence-corrected chi connectivity index (χ2v) is 6.13. The molecule has 25 heavy (non-hydrogen) atoms. The Morgan fingerprint density at radius 2 is 1.80 bits per heavy atom. The van der Waals surface area contributed by atoms with Crippen LogP contribution >= 0.6 is 0 Å². The van der Waals surface area contributed by atoms with Crippen LogP contribution in [0.3, 0.4) is 0 Å². The molecule has 2 amide bonds. The average Bonchev–Trinajstić information content (AvgIpc) is 2.86. The quantitative estimate of drug-likeness (QED) is 0.724. The Bertz CT molecular complexity index is 723. The lowest BCUT2D eigenvalue weighted by Gasteiger charge is -2.07. The summed E-state index contributed by atoms with van der Waals surface area (Å²) in [4.78, 5) is 23.0. The van der Waals surface area contributed by atoms with Crippen molar-refractivity contribution in [2.24, 2.45) is 0 Å². The van der Waals surface area contributed by atoms with Gasteiger partial charge in [0, 0.05) is 19.9 Å². The third-order valence-corrected chi connectivity index (χ3v) is 4.01. The van der Waals surface area contributed by atoms with Gasteiger partial charge in [0.1, 0.15) is 0 Å². The van der Waals surface area contributed by atoms with Crippen LogP contribution < -0.4 is 10.6 Å². The summed E-state index contributed by atoms with van der Waals surface area (Å²) < 4.78 is 1.85. The fourth-order valence-corrected chi connectivity index (χ4v) is 2.70. The molecule has 0 atom stereocenters. The van der Waals surface area contributed by atoms with Gasteiger partial charge >= 0.3 is 0 Å². The number of aromatic nitrogens is 2. The van der Waals surface area contributed by atoms with Crippen LogP contribution in [0, 0.1) is 13.8 Å². The molecule has 2 aromatic rings. The van der Waals surface area contributed by atoms with Crippen molar-refractivity contribution in [2.45, 2.75) is 46.5 Å². The highest BCUT2D eigenvalue weighted by molar-refractivity contribution is 5.91. The zero-order chi connectivity index (χ0) is 18.2. The fourth-order valence-electron chi connectivity index (χ4n) is 2.70. The van der Waals surface area contributed by atoms with E-state index in [1.807, 2.05) is 48.9 Å². The third-order valence-electron chi connectivity index (χ3n) is 4.01. The standard InChI is InChI=1S/C19H26N4O2/c1-14-19(15(2)23(22-14)17-10-6-4-7-11-17)21-18(25)12-8-5-9-13-20-16(3)24/h4,6-7,10-11H,5,8-9,12-13H2,1-3H3,(H,20,24)(H,21,25). The summed E-state index contributed by atoms with van der Waals surface area (Å²) in [7, 11) is 0. The molecule has 1 aromatic carbocycles. The largest absolute Gasteiger partial charge is 0.356 e. The van der Waals surface area contributed by atoms with Gasteiger partial charge < -0.3 is 10.6 Å². The summed E-state index contributed by atoms with van der Waals surface area (Å²) in [5, 5.41) is 10.3. The zero-order valence-electron chi connectivity index (χ0n) is 15.1. The van der Waals surface area contributed by atoms with E-state index in [1.165, 1.54) is 6.92 Å². The lowest BCUT2D eigenvalue weighted by atomic mass is 10.2. The van der Waals surface area contributed by atoms with Gasteiger partial charge in [-0.25, -0.2) is 4.68 Å². The molecule has 134 valence electrons. The first kappa shape index (κ1) is 18.7. The molecule has 2 N–H and O–H groups in total. The highest BCUT2D eigenvalue weighted by Crippen LogP contribution is 2.23. The summed E-state index contributed by atoms with van der Waals surface area (Å²) in [6.07, 6.45) is 3.07. The van der Waals surface area contributed by atoms with Gasteiger partial charge in [0.2, 0.25) is 11.8 Å². The lowest BCUT2D eigenvalue weighted by molar-refractivity contribution is -0.119. The molecular weight excluding hydrogens is 316 g/mol. The Morgan fingerprint density at radius 3 is 2.48 bits per heavy atom. The number of para-hydroxylation sites is 1. The molecule has 2 rings (SSSR count). The molecule has 0 radical (unpaired) electrons. The third kappa shape index (κ3) is 5.45. The minimum Gasteiger partial charge on any atom is -0.356 e. The minimum atomic E-state index is -0.0147. The maximum absolute atomic E-state index is 12.2. The summed E-state index contributed by atoms with van der Waals surface area (Å²) in [6, 6.07) is 9.86. The van der Waals surface area contributed by atoms with Crippen molar-refractivity contribution in [2.75, 3.05) is 11.9 Å². The first-order valence-corrected chi connectivity index (χ1v) is 8.65. The van der Waals surface area contributed by atoms with Gasteiger partial charge in [0.15, 0.2) is 0 Å². The van der Waals surface area contributed by atoms with E-state index in [0.29, 0.717) is 13.0 Å². The topological polar surface area (TPSA) is 76.0 Å². The van der Waals surface area contributed by atoms with Crippen molar-refractivity contribution in [3.05, 3.63) is 41.7 Å². The number of amides is 2. The van der Waals surface area contributed by atoms with E-state index in [0.717, 1.165) is 42.0 Å². The number of nitrogens with zero attached hydrogens (tertiary/aromatic N) is 2. The van der Waals surface area contributed by atoms with E-state index >= 15 is 0 Å².